The lowest BCUT2D eigenvalue weighted by molar-refractivity contribution is -0.145. The van der Waals surface area contributed by atoms with Gasteiger partial charge in [-0.15, -0.1) is 11.3 Å². The minimum Gasteiger partial charge on any atom is -0.477 e. The normalized spacial score (nSPS) is 10.1. The largest absolute Gasteiger partial charge is 0.477 e. The van der Waals surface area contributed by atoms with Crippen molar-refractivity contribution in [1.29, 1.82) is 0 Å². The predicted molar refractivity (Wildman–Crippen MR) is 73.6 cm³/mol. The number of hydrogen-bond donors (Lipinski definition) is 2. The van der Waals surface area contributed by atoms with E-state index in [0.29, 0.717) is 4.47 Å². The first-order valence-electron chi connectivity index (χ1n) is 5.34. The topological polar surface area (TPSA) is 92.7 Å². The van der Waals surface area contributed by atoms with Crippen molar-refractivity contribution >= 4 is 50.8 Å². The lowest BCUT2D eigenvalue weighted by Crippen LogP contribution is -2.19. The first-order chi connectivity index (χ1) is 8.86. The fourth-order valence-electron chi connectivity index (χ4n) is 1.31. The Kier molecular flexibility index (Phi) is 5.49. The third-order valence-corrected chi connectivity index (χ3v) is 4.43. The summed E-state index contributed by atoms with van der Waals surface area (Å²) in [6.45, 7) is 3.55. The van der Waals surface area contributed by atoms with E-state index in [1.54, 1.807) is 13.8 Å². The van der Waals surface area contributed by atoms with E-state index in [1.165, 1.54) is 0 Å². The zero-order valence-electron chi connectivity index (χ0n) is 10.3. The molecule has 1 aromatic rings. The van der Waals surface area contributed by atoms with E-state index in [4.69, 9.17) is 5.11 Å². The highest BCUT2D eigenvalue weighted by Crippen LogP contribution is 2.37. The molecule has 0 aliphatic carbocycles. The number of carboxylic acids is 1. The van der Waals surface area contributed by atoms with Crippen LogP contribution in [0.3, 0.4) is 0 Å². The molecular weight excluding hydrogens is 338 g/mol. The van der Waals surface area contributed by atoms with Gasteiger partial charge in [0.15, 0.2) is 0 Å². The zero-order chi connectivity index (χ0) is 14.6. The summed E-state index contributed by atoms with van der Waals surface area (Å²) in [5.41, 5.74) is 0.171. The second-order valence-corrected chi connectivity index (χ2v) is 5.53. The average molecular weight is 350 g/mol. The van der Waals surface area contributed by atoms with Gasteiger partial charge in [0, 0.05) is 4.88 Å². The standard InChI is InChI=1S/C11H12BrNO5S/c1-3-18-7(15)4-6(14)13-9-8(12)5(2)19-10(9)11(16)17/h3-4H2,1-2H3,(H,13,14)(H,16,17). The summed E-state index contributed by atoms with van der Waals surface area (Å²) in [6, 6.07) is 0. The number of halogens is 1. The monoisotopic (exact) mass is 349 g/mol. The molecule has 0 aliphatic rings. The number of anilines is 1. The molecule has 0 spiro atoms. The number of ether oxygens (including phenoxy) is 1. The molecule has 6 nitrogen and oxygen atoms in total. The van der Waals surface area contributed by atoms with E-state index < -0.39 is 24.3 Å². The molecule has 0 fully saturated rings. The van der Waals surface area contributed by atoms with Gasteiger partial charge >= 0.3 is 11.9 Å². The Morgan fingerprint density at radius 2 is 2.05 bits per heavy atom. The molecule has 19 heavy (non-hydrogen) atoms. The second kappa shape index (κ2) is 6.67. The molecule has 0 aliphatic heterocycles. The number of carboxylic acid groups (broad SMARTS) is 1. The Hall–Kier alpha value is -1.41. The molecule has 1 heterocycles. The summed E-state index contributed by atoms with van der Waals surface area (Å²) in [7, 11) is 0. The lowest BCUT2D eigenvalue weighted by atomic mass is 10.3. The van der Waals surface area contributed by atoms with Crippen LogP contribution in [0.2, 0.25) is 0 Å². The van der Waals surface area contributed by atoms with E-state index in [9.17, 15) is 14.4 Å². The smallest absolute Gasteiger partial charge is 0.348 e. The molecule has 2 N–H and O–H groups in total. The first kappa shape index (κ1) is 15.6. The maximum absolute atomic E-state index is 11.6. The predicted octanol–water partition coefficient (Wildman–Crippen LogP) is 2.41. The summed E-state index contributed by atoms with van der Waals surface area (Å²) in [5, 5.41) is 11.4. The van der Waals surface area contributed by atoms with E-state index in [2.05, 4.69) is 26.0 Å². The van der Waals surface area contributed by atoms with Crippen LogP contribution in [0.5, 0.6) is 0 Å². The minimum atomic E-state index is -1.13. The number of rotatable bonds is 5. The van der Waals surface area contributed by atoms with Crippen LogP contribution < -0.4 is 5.32 Å². The van der Waals surface area contributed by atoms with Crippen molar-refractivity contribution in [2.45, 2.75) is 20.3 Å². The van der Waals surface area contributed by atoms with Crippen LogP contribution in [0, 0.1) is 6.92 Å². The van der Waals surface area contributed by atoms with E-state index in [-0.39, 0.29) is 17.2 Å². The van der Waals surface area contributed by atoms with Crippen LogP contribution in [0.25, 0.3) is 0 Å². The van der Waals surface area contributed by atoms with Gasteiger partial charge in [-0.2, -0.15) is 0 Å². The number of carbonyl (C=O) groups excluding carboxylic acids is 2. The summed E-state index contributed by atoms with van der Waals surface area (Å²) in [6.07, 6.45) is -0.450. The van der Waals surface area contributed by atoms with Gasteiger partial charge < -0.3 is 15.2 Å². The Morgan fingerprint density at radius 3 is 2.58 bits per heavy atom. The van der Waals surface area contributed by atoms with Crippen molar-refractivity contribution in [1.82, 2.24) is 0 Å². The molecule has 1 amide bonds. The summed E-state index contributed by atoms with van der Waals surface area (Å²) >= 11 is 4.25. The summed E-state index contributed by atoms with van der Waals surface area (Å²) in [4.78, 5) is 34.5. The van der Waals surface area contributed by atoms with Crippen molar-refractivity contribution in [3.63, 3.8) is 0 Å². The number of hydrogen-bond acceptors (Lipinski definition) is 5. The van der Waals surface area contributed by atoms with Gasteiger partial charge in [-0.25, -0.2) is 4.79 Å². The van der Waals surface area contributed by atoms with Crippen molar-refractivity contribution in [2.24, 2.45) is 0 Å². The third kappa shape index (κ3) is 4.03. The molecule has 0 saturated carbocycles. The fraction of sp³-hybridized carbons (Fsp3) is 0.364. The van der Waals surface area contributed by atoms with Gasteiger partial charge in [-0.05, 0) is 29.8 Å². The summed E-state index contributed by atoms with van der Waals surface area (Å²) in [5.74, 6) is -2.40. The van der Waals surface area contributed by atoms with Gasteiger partial charge in [-0.1, -0.05) is 0 Å². The molecular formula is C11H12BrNO5S. The number of amides is 1. The van der Waals surface area contributed by atoms with E-state index in [1.807, 2.05) is 0 Å². The number of nitrogens with one attached hydrogen (secondary N) is 1. The molecule has 1 rings (SSSR count). The number of aryl methyl sites for hydroxylation is 1. The Balaban J connectivity index is 2.84. The Morgan fingerprint density at radius 1 is 1.42 bits per heavy atom. The van der Waals surface area contributed by atoms with Crippen molar-refractivity contribution in [2.75, 3.05) is 11.9 Å². The van der Waals surface area contributed by atoms with Crippen LogP contribution in [-0.4, -0.2) is 29.6 Å². The minimum absolute atomic E-state index is 0.0154. The van der Waals surface area contributed by atoms with Crippen LogP contribution in [-0.2, 0) is 14.3 Å². The zero-order valence-corrected chi connectivity index (χ0v) is 12.7. The number of aromatic carboxylic acids is 1. The fourth-order valence-corrected chi connectivity index (χ4v) is 2.83. The van der Waals surface area contributed by atoms with Crippen LogP contribution in [0.1, 0.15) is 27.9 Å². The average Bonchev–Trinajstić information content (AvgIpc) is 2.57. The highest BCUT2D eigenvalue weighted by atomic mass is 79.9. The van der Waals surface area contributed by atoms with Crippen molar-refractivity contribution in [3.05, 3.63) is 14.2 Å². The van der Waals surface area contributed by atoms with Crippen LogP contribution in [0.4, 0.5) is 5.69 Å². The molecule has 104 valence electrons. The molecule has 1 aromatic heterocycles. The maximum Gasteiger partial charge on any atom is 0.348 e. The highest BCUT2D eigenvalue weighted by molar-refractivity contribution is 9.10. The van der Waals surface area contributed by atoms with Crippen molar-refractivity contribution < 1.29 is 24.2 Å². The Labute approximate surface area is 121 Å². The third-order valence-electron chi connectivity index (χ3n) is 2.08. The molecule has 0 atom stereocenters. The van der Waals surface area contributed by atoms with Gasteiger partial charge in [0.1, 0.15) is 11.3 Å². The van der Waals surface area contributed by atoms with Crippen LogP contribution in [0.15, 0.2) is 4.47 Å². The molecule has 0 bridgehead atoms. The van der Waals surface area contributed by atoms with Gasteiger partial charge in [0.2, 0.25) is 5.91 Å². The maximum atomic E-state index is 11.6. The van der Waals surface area contributed by atoms with Crippen molar-refractivity contribution in [3.8, 4) is 0 Å². The molecule has 8 heteroatoms. The Bertz CT molecular complexity index is 525. The van der Waals surface area contributed by atoms with E-state index >= 15 is 0 Å². The lowest BCUT2D eigenvalue weighted by Gasteiger charge is -2.05. The molecule has 0 unspecified atom stereocenters. The van der Waals surface area contributed by atoms with Gasteiger partial charge in [-0.3, -0.25) is 9.59 Å². The van der Waals surface area contributed by atoms with Gasteiger partial charge in [0.05, 0.1) is 16.8 Å². The highest BCUT2D eigenvalue weighted by Gasteiger charge is 2.22. The quantitative estimate of drug-likeness (QED) is 0.628. The second-order valence-electron chi connectivity index (χ2n) is 3.51. The number of thiophene rings is 1. The summed E-state index contributed by atoms with van der Waals surface area (Å²) < 4.78 is 5.14. The molecule has 0 aromatic carbocycles. The van der Waals surface area contributed by atoms with Gasteiger partial charge in [0.25, 0.3) is 0 Å². The van der Waals surface area contributed by atoms with E-state index in [0.717, 1.165) is 16.2 Å². The number of esters is 1. The number of carbonyl (C=O) groups is 3. The van der Waals surface area contributed by atoms with Crippen LogP contribution >= 0.6 is 27.3 Å². The molecule has 0 radical (unpaired) electrons. The first-order valence-corrected chi connectivity index (χ1v) is 6.95. The molecule has 0 saturated heterocycles. The SMILES string of the molecule is CCOC(=O)CC(=O)Nc1c(C(=O)O)sc(C)c1Br.